The van der Waals surface area contributed by atoms with E-state index in [0.717, 1.165) is 28.2 Å². The molecule has 0 saturated carbocycles. The second-order valence-electron chi connectivity index (χ2n) is 7.94. The van der Waals surface area contributed by atoms with Crippen LogP contribution in [0.1, 0.15) is 11.6 Å². The molecule has 5 aromatic rings. The highest BCUT2D eigenvalue weighted by Gasteiger charge is 2.18. The van der Waals surface area contributed by atoms with Crippen molar-refractivity contribution in [2.75, 3.05) is 26.1 Å². The molecule has 3 aromatic heterocycles. The van der Waals surface area contributed by atoms with Crippen molar-refractivity contribution in [1.82, 2.24) is 19.4 Å². The molecule has 0 spiro atoms. The SMILES string of the molecule is COCCc1c(-c2ccc(F)cc2)nc2c(Nc3ccc(-c4cnc(C)o4)c(OC)c3)cncn12. The highest BCUT2D eigenvalue weighted by Crippen LogP contribution is 2.35. The van der Waals surface area contributed by atoms with Crippen LogP contribution in [0.5, 0.6) is 5.75 Å². The fourth-order valence-corrected chi connectivity index (χ4v) is 3.99. The van der Waals surface area contributed by atoms with Gasteiger partial charge < -0.3 is 19.2 Å². The van der Waals surface area contributed by atoms with Crippen LogP contribution >= 0.6 is 0 Å². The molecular weight excluding hydrogens is 449 g/mol. The summed E-state index contributed by atoms with van der Waals surface area (Å²) < 4.78 is 32.0. The van der Waals surface area contributed by atoms with Crippen LogP contribution < -0.4 is 10.1 Å². The van der Waals surface area contributed by atoms with Crippen LogP contribution in [0.15, 0.2) is 65.6 Å². The Hall–Kier alpha value is -4.24. The molecule has 0 aliphatic carbocycles. The normalized spacial score (nSPS) is 11.2. The molecule has 9 heteroatoms. The Bertz CT molecular complexity index is 1480. The lowest BCUT2D eigenvalue weighted by Crippen LogP contribution is -2.02. The number of anilines is 2. The molecule has 35 heavy (non-hydrogen) atoms. The topological polar surface area (TPSA) is 86.7 Å². The maximum atomic E-state index is 13.5. The van der Waals surface area contributed by atoms with Gasteiger partial charge in [0.1, 0.15) is 23.6 Å². The minimum absolute atomic E-state index is 0.294. The van der Waals surface area contributed by atoms with Crippen LogP contribution in [0.25, 0.3) is 28.2 Å². The zero-order valence-electron chi connectivity index (χ0n) is 19.6. The second-order valence-corrected chi connectivity index (χ2v) is 7.94. The molecule has 1 N–H and O–H groups in total. The molecule has 0 bridgehead atoms. The number of oxazole rings is 1. The minimum Gasteiger partial charge on any atom is -0.496 e. The van der Waals surface area contributed by atoms with Crippen LogP contribution in [0.3, 0.4) is 0 Å². The number of rotatable bonds is 8. The molecule has 178 valence electrons. The molecule has 0 saturated heterocycles. The summed E-state index contributed by atoms with van der Waals surface area (Å²) in [5.41, 5.74) is 5.51. The number of benzene rings is 2. The third-order valence-electron chi connectivity index (χ3n) is 5.66. The molecule has 2 aromatic carbocycles. The fraction of sp³-hybridized carbons (Fsp3) is 0.192. The van der Waals surface area contributed by atoms with E-state index in [-0.39, 0.29) is 5.82 Å². The van der Waals surface area contributed by atoms with E-state index >= 15 is 0 Å². The van der Waals surface area contributed by atoms with Crippen molar-refractivity contribution in [2.24, 2.45) is 0 Å². The number of methoxy groups -OCH3 is 2. The second kappa shape index (κ2) is 9.55. The van der Waals surface area contributed by atoms with Crippen LogP contribution in [0.2, 0.25) is 0 Å². The Morgan fingerprint density at radius 1 is 1.09 bits per heavy atom. The van der Waals surface area contributed by atoms with Gasteiger partial charge in [-0.3, -0.25) is 4.40 Å². The van der Waals surface area contributed by atoms with Gasteiger partial charge in [0.25, 0.3) is 0 Å². The first-order chi connectivity index (χ1) is 17.1. The van der Waals surface area contributed by atoms with Crippen LogP contribution in [-0.4, -0.2) is 40.2 Å². The van der Waals surface area contributed by atoms with E-state index in [2.05, 4.69) is 15.3 Å². The Labute approximate surface area is 201 Å². The fourth-order valence-electron chi connectivity index (χ4n) is 3.99. The number of fused-ring (bicyclic) bond motifs is 1. The Morgan fingerprint density at radius 3 is 2.63 bits per heavy atom. The molecule has 0 amide bonds. The molecular formula is C26H24FN5O3. The van der Waals surface area contributed by atoms with Crippen LogP contribution in [-0.2, 0) is 11.2 Å². The Kier molecular flexibility index (Phi) is 6.15. The van der Waals surface area contributed by atoms with E-state index in [4.69, 9.17) is 18.9 Å². The lowest BCUT2D eigenvalue weighted by molar-refractivity contribution is 0.201. The third-order valence-corrected chi connectivity index (χ3v) is 5.66. The number of hydrogen-bond acceptors (Lipinski definition) is 7. The van der Waals surface area contributed by atoms with Crippen molar-refractivity contribution >= 4 is 17.0 Å². The van der Waals surface area contributed by atoms with Crippen molar-refractivity contribution in [1.29, 1.82) is 0 Å². The largest absolute Gasteiger partial charge is 0.496 e. The maximum absolute atomic E-state index is 13.5. The van der Waals surface area contributed by atoms with Gasteiger partial charge in [-0.05, 0) is 36.4 Å². The van der Waals surface area contributed by atoms with Crippen molar-refractivity contribution in [3.8, 4) is 28.3 Å². The van der Waals surface area contributed by atoms with E-state index in [1.807, 2.05) is 22.6 Å². The molecule has 0 atom stereocenters. The summed E-state index contributed by atoms with van der Waals surface area (Å²) >= 11 is 0. The lowest BCUT2D eigenvalue weighted by Gasteiger charge is -2.11. The third kappa shape index (κ3) is 4.45. The van der Waals surface area contributed by atoms with Crippen molar-refractivity contribution in [3.05, 3.63) is 78.6 Å². The zero-order chi connectivity index (χ0) is 24.4. The van der Waals surface area contributed by atoms with Gasteiger partial charge in [0, 0.05) is 37.8 Å². The van der Waals surface area contributed by atoms with Gasteiger partial charge in [0.2, 0.25) is 0 Å². The summed E-state index contributed by atoms with van der Waals surface area (Å²) in [6.45, 7) is 2.31. The number of nitrogens with zero attached hydrogens (tertiary/aromatic N) is 4. The zero-order valence-corrected chi connectivity index (χ0v) is 19.6. The number of ether oxygens (including phenoxy) is 2. The maximum Gasteiger partial charge on any atom is 0.191 e. The highest BCUT2D eigenvalue weighted by molar-refractivity contribution is 5.79. The Morgan fingerprint density at radius 2 is 1.91 bits per heavy atom. The molecule has 3 heterocycles. The van der Waals surface area contributed by atoms with Gasteiger partial charge in [0.15, 0.2) is 17.3 Å². The van der Waals surface area contributed by atoms with Gasteiger partial charge in [-0.25, -0.2) is 19.3 Å². The first-order valence-electron chi connectivity index (χ1n) is 11.0. The number of nitrogens with one attached hydrogen (secondary N) is 1. The summed E-state index contributed by atoms with van der Waals surface area (Å²) in [5.74, 6) is 1.57. The first-order valence-corrected chi connectivity index (χ1v) is 11.0. The number of aryl methyl sites for hydroxylation is 1. The molecule has 0 aliphatic heterocycles. The number of imidazole rings is 1. The van der Waals surface area contributed by atoms with Gasteiger partial charge in [-0.1, -0.05) is 0 Å². The monoisotopic (exact) mass is 473 g/mol. The lowest BCUT2D eigenvalue weighted by atomic mass is 10.1. The molecule has 0 radical (unpaired) electrons. The highest BCUT2D eigenvalue weighted by atomic mass is 19.1. The predicted octanol–water partition coefficient (Wildman–Crippen LogP) is 5.44. The summed E-state index contributed by atoms with van der Waals surface area (Å²) in [4.78, 5) is 13.5. The van der Waals surface area contributed by atoms with Gasteiger partial charge in [0.05, 0.1) is 43.1 Å². The summed E-state index contributed by atoms with van der Waals surface area (Å²) in [6.07, 6.45) is 5.74. The quantitative estimate of drug-likeness (QED) is 0.321. The van der Waals surface area contributed by atoms with E-state index in [1.54, 1.807) is 52.0 Å². The van der Waals surface area contributed by atoms with E-state index in [9.17, 15) is 4.39 Å². The summed E-state index contributed by atoms with van der Waals surface area (Å²) in [5, 5.41) is 3.40. The first kappa shape index (κ1) is 22.5. The predicted molar refractivity (Wildman–Crippen MR) is 130 cm³/mol. The molecule has 0 unspecified atom stereocenters. The number of hydrogen-bond donors (Lipinski definition) is 1. The van der Waals surface area contributed by atoms with Gasteiger partial charge in [-0.2, -0.15) is 0 Å². The minimum atomic E-state index is -0.294. The molecule has 5 rings (SSSR count). The van der Waals surface area contributed by atoms with Crippen molar-refractivity contribution in [2.45, 2.75) is 13.3 Å². The van der Waals surface area contributed by atoms with E-state index in [0.29, 0.717) is 41.8 Å². The van der Waals surface area contributed by atoms with E-state index in [1.165, 1.54) is 12.1 Å². The van der Waals surface area contributed by atoms with Crippen LogP contribution in [0.4, 0.5) is 15.8 Å². The number of halogens is 1. The molecule has 0 fully saturated rings. The standard InChI is InChI=1S/C26H24FN5O3/c1-16-29-14-24(35-16)20-9-8-19(12-23(20)34-3)30-21-13-28-15-32-22(10-11-33-2)25(31-26(21)32)17-4-6-18(27)7-5-17/h4-9,12-15,30H,10-11H2,1-3H3. The Balaban J connectivity index is 1.55. The average Bonchev–Trinajstić information content (AvgIpc) is 3.47. The van der Waals surface area contributed by atoms with Crippen molar-refractivity contribution in [3.63, 3.8) is 0 Å². The van der Waals surface area contributed by atoms with Crippen molar-refractivity contribution < 1.29 is 18.3 Å². The molecule has 8 nitrogen and oxygen atoms in total. The summed E-state index contributed by atoms with van der Waals surface area (Å²) in [6, 6.07) is 12.0. The molecule has 0 aliphatic rings. The number of aromatic nitrogens is 4. The van der Waals surface area contributed by atoms with Gasteiger partial charge in [-0.15, -0.1) is 0 Å². The smallest absolute Gasteiger partial charge is 0.191 e. The van der Waals surface area contributed by atoms with E-state index < -0.39 is 0 Å². The van der Waals surface area contributed by atoms with Gasteiger partial charge >= 0.3 is 0 Å². The summed E-state index contributed by atoms with van der Waals surface area (Å²) in [7, 11) is 3.27. The average molecular weight is 474 g/mol. The van der Waals surface area contributed by atoms with Crippen LogP contribution in [0, 0.1) is 12.7 Å².